The normalized spacial score (nSPS) is 25.7. The Bertz CT molecular complexity index is 89.1. The molecule has 0 saturated carbocycles. The average molecular weight is 129 g/mol. The predicted octanol–water partition coefficient (Wildman–Crippen LogP) is 0.703. The summed E-state index contributed by atoms with van der Waals surface area (Å²) in [6, 6.07) is 0. The molecule has 0 aliphatic carbocycles. The number of nitrogens with zero attached hydrogens (tertiary/aromatic N) is 2. The van der Waals surface area contributed by atoms with Crippen LogP contribution in [0.3, 0.4) is 0 Å². The highest BCUT2D eigenvalue weighted by Gasteiger charge is 2.35. The first-order valence-corrected chi connectivity index (χ1v) is 3.76. The maximum absolute atomic E-state index is 2.37. The lowest BCUT2D eigenvalue weighted by Gasteiger charge is -2.49. The zero-order valence-electron chi connectivity index (χ0n) is 6.72. The molecule has 0 spiro atoms. The van der Waals surface area contributed by atoms with Gasteiger partial charge in [-0.15, -0.1) is 0 Å². The molecule has 1 heterocycles. The minimum absolute atomic E-state index is 1.26. The van der Waals surface area contributed by atoms with Gasteiger partial charge in [-0.3, -0.25) is 4.48 Å². The van der Waals surface area contributed by atoms with E-state index in [1.54, 1.807) is 0 Å². The van der Waals surface area contributed by atoms with Crippen molar-refractivity contribution in [1.82, 2.24) is 4.90 Å². The molecule has 0 atom stereocenters. The van der Waals surface area contributed by atoms with Crippen LogP contribution in [-0.2, 0) is 0 Å². The van der Waals surface area contributed by atoms with Crippen LogP contribution >= 0.6 is 0 Å². The quantitative estimate of drug-likeness (QED) is 0.496. The molecule has 0 amide bonds. The monoisotopic (exact) mass is 129 g/mol. The Balaban J connectivity index is 2.36. The van der Waals surface area contributed by atoms with Crippen LogP contribution in [0.1, 0.15) is 13.8 Å². The largest absolute Gasteiger partial charge is 0.299 e. The highest BCUT2D eigenvalue weighted by atomic mass is 15.6. The molecule has 2 heteroatoms. The highest BCUT2D eigenvalue weighted by Crippen LogP contribution is 2.17. The molecule has 0 radical (unpaired) electrons. The van der Waals surface area contributed by atoms with Crippen molar-refractivity contribution in [3.8, 4) is 0 Å². The van der Waals surface area contributed by atoms with E-state index in [0.717, 1.165) is 0 Å². The fraction of sp³-hybridized carbons (Fsp3) is 1.00. The van der Waals surface area contributed by atoms with E-state index < -0.39 is 0 Å². The minimum Gasteiger partial charge on any atom is -0.299 e. The lowest BCUT2D eigenvalue weighted by molar-refractivity contribution is -0.991. The summed E-state index contributed by atoms with van der Waals surface area (Å²) in [5.41, 5.74) is 0. The van der Waals surface area contributed by atoms with Crippen molar-refractivity contribution in [2.75, 3.05) is 33.5 Å². The molecule has 0 N–H and O–H groups in total. The highest BCUT2D eigenvalue weighted by molar-refractivity contribution is 4.49. The van der Waals surface area contributed by atoms with Gasteiger partial charge in [-0.1, -0.05) is 0 Å². The fourth-order valence-electron chi connectivity index (χ4n) is 1.61. The summed E-state index contributed by atoms with van der Waals surface area (Å²) >= 11 is 0. The Morgan fingerprint density at radius 2 is 1.67 bits per heavy atom. The summed E-state index contributed by atoms with van der Waals surface area (Å²) in [5, 5.41) is 0. The summed E-state index contributed by atoms with van der Waals surface area (Å²) in [6.07, 6.45) is 0. The van der Waals surface area contributed by atoms with Crippen molar-refractivity contribution < 1.29 is 4.48 Å². The van der Waals surface area contributed by atoms with Gasteiger partial charge < -0.3 is 0 Å². The van der Waals surface area contributed by atoms with Crippen LogP contribution in [0, 0.1) is 0 Å². The maximum Gasteiger partial charge on any atom is 0.140 e. The summed E-state index contributed by atoms with van der Waals surface area (Å²) in [6.45, 7) is 9.65. The van der Waals surface area contributed by atoms with E-state index in [4.69, 9.17) is 0 Å². The molecule has 1 saturated heterocycles. The van der Waals surface area contributed by atoms with E-state index in [1.807, 2.05) is 0 Å². The van der Waals surface area contributed by atoms with E-state index in [9.17, 15) is 0 Å². The molecule has 9 heavy (non-hydrogen) atoms. The van der Waals surface area contributed by atoms with E-state index >= 15 is 0 Å². The van der Waals surface area contributed by atoms with Gasteiger partial charge in [-0.2, -0.15) is 0 Å². The summed E-state index contributed by atoms with van der Waals surface area (Å²) in [5.74, 6) is 0. The molecular formula is C7H17N2+. The van der Waals surface area contributed by atoms with Crippen LogP contribution in [0.15, 0.2) is 0 Å². The lowest BCUT2D eigenvalue weighted by Crippen LogP contribution is -2.67. The Morgan fingerprint density at radius 3 is 1.78 bits per heavy atom. The average Bonchev–Trinajstić information content (AvgIpc) is 1.81. The number of quaternary nitrogens is 1. The molecule has 0 unspecified atom stereocenters. The van der Waals surface area contributed by atoms with Crippen molar-refractivity contribution in [3.63, 3.8) is 0 Å². The van der Waals surface area contributed by atoms with E-state index in [0.29, 0.717) is 0 Å². The van der Waals surface area contributed by atoms with Gasteiger partial charge in [-0.25, -0.2) is 4.90 Å². The molecule has 0 aromatic heterocycles. The zero-order valence-corrected chi connectivity index (χ0v) is 6.72. The second-order valence-corrected chi connectivity index (χ2v) is 3.11. The Morgan fingerprint density at radius 1 is 1.22 bits per heavy atom. The van der Waals surface area contributed by atoms with Gasteiger partial charge in [0, 0.05) is 0 Å². The second kappa shape index (κ2) is 2.27. The van der Waals surface area contributed by atoms with Crippen LogP contribution in [0.2, 0.25) is 0 Å². The van der Waals surface area contributed by atoms with Crippen LogP contribution in [0.5, 0.6) is 0 Å². The standard InChI is InChI=1S/C7H17N2/c1-4-9(5-2)6-8(3)7-9/h4-7H2,1-3H3/q+1. The zero-order chi connectivity index (χ0) is 6.91. The minimum atomic E-state index is 1.26. The molecule has 1 aliphatic heterocycles. The Kier molecular flexibility index (Phi) is 1.78. The first-order chi connectivity index (χ1) is 4.22. The first kappa shape index (κ1) is 7.03. The molecule has 1 rings (SSSR count). The third kappa shape index (κ3) is 1.10. The smallest absolute Gasteiger partial charge is 0.140 e. The number of hydrogen-bond acceptors (Lipinski definition) is 1. The second-order valence-electron chi connectivity index (χ2n) is 3.11. The molecule has 1 fully saturated rings. The Labute approximate surface area is 57.7 Å². The first-order valence-electron chi connectivity index (χ1n) is 3.76. The molecule has 54 valence electrons. The van der Waals surface area contributed by atoms with Gasteiger partial charge >= 0.3 is 0 Å². The van der Waals surface area contributed by atoms with Gasteiger partial charge in [0.15, 0.2) is 0 Å². The molecular weight excluding hydrogens is 112 g/mol. The predicted molar refractivity (Wildman–Crippen MR) is 38.8 cm³/mol. The van der Waals surface area contributed by atoms with Crippen LogP contribution < -0.4 is 0 Å². The van der Waals surface area contributed by atoms with Gasteiger partial charge in [0.25, 0.3) is 0 Å². The van der Waals surface area contributed by atoms with Crippen LogP contribution in [-0.4, -0.2) is 42.9 Å². The number of hydrogen-bond donors (Lipinski definition) is 0. The number of rotatable bonds is 2. The van der Waals surface area contributed by atoms with Crippen LogP contribution in [0.25, 0.3) is 0 Å². The third-order valence-electron chi connectivity index (χ3n) is 2.42. The van der Waals surface area contributed by atoms with Crippen molar-refractivity contribution in [2.45, 2.75) is 13.8 Å². The Hall–Kier alpha value is -0.0800. The van der Waals surface area contributed by atoms with Crippen molar-refractivity contribution in [3.05, 3.63) is 0 Å². The van der Waals surface area contributed by atoms with E-state index in [2.05, 4.69) is 25.8 Å². The third-order valence-corrected chi connectivity index (χ3v) is 2.42. The van der Waals surface area contributed by atoms with Crippen molar-refractivity contribution in [2.24, 2.45) is 0 Å². The van der Waals surface area contributed by atoms with Crippen LogP contribution in [0.4, 0.5) is 0 Å². The summed E-state index contributed by atoms with van der Waals surface area (Å²) in [4.78, 5) is 2.37. The molecule has 0 aromatic carbocycles. The molecule has 2 nitrogen and oxygen atoms in total. The van der Waals surface area contributed by atoms with Gasteiger partial charge in [0.05, 0.1) is 13.1 Å². The summed E-state index contributed by atoms with van der Waals surface area (Å²) < 4.78 is 1.30. The van der Waals surface area contributed by atoms with Gasteiger partial charge in [0.2, 0.25) is 0 Å². The maximum atomic E-state index is 2.37. The van der Waals surface area contributed by atoms with Gasteiger partial charge in [0.1, 0.15) is 13.3 Å². The topological polar surface area (TPSA) is 3.24 Å². The molecule has 0 aromatic rings. The lowest BCUT2D eigenvalue weighted by atomic mass is 10.3. The fourth-order valence-corrected chi connectivity index (χ4v) is 1.61. The van der Waals surface area contributed by atoms with Crippen molar-refractivity contribution >= 4 is 0 Å². The van der Waals surface area contributed by atoms with Crippen molar-refractivity contribution in [1.29, 1.82) is 0 Å². The van der Waals surface area contributed by atoms with E-state index in [1.165, 1.54) is 30.9 Å². The van der Waals surface area contributed by atoms with E-state index in [-0.39, 0.29) is 0 Å². The SMILES string of the molecule is CC[N+]1(CC)CN(C)C1. The molecule has 1 aliphatic rings. The summed E-state index contributed by atoms with van der Waals surface area (Å²) in [7, 11) is 2.18. The van der Waals surface area contributed by atoms with Gasteiger partial charge in [-0.05, 0) is 20.9 Å². The molecule has 0 bridgehead atoms.